The van der Waals surface area contributed by atoms with Gasteiger partial charge in [-0.3, -0.25) is 9.89 Å². The molecule has 1 atom stereocenters. The van der Waals surface area contributed by atoms with Gasteiger partial charge in [-0.1, -0.05) is 26.2 Å². The number of hydrogen-bond acceptors (Lipinski definition) is 3. The molecule has 0 bridgehead atoms. The van der Waals surface area contributed by atoms with Gasteiger partial charge in [-0.05, 0) is 31.1 Å². The topological polar surface area (TPSA) is 61.9 Å². The summed E-state index contributed by atoms with van der Waals surface area (Å²) < 4.78 is 0. The maximum absolute atomic E-state index is 12.7. The van der Waals surface area contributed by atoms with E-state index in [1.165, 1.54) is 32.1 Å². The van der Waals surface area contributed by atoms with Crippen LogP contribution in [-0.2, 0) is 11.2 Å². The second-order valence-electron chi connectivity index (χ2n) is 7.46. The van der Waals surface area contributed by atoms with Gasteiger partial charge in [0.25, 0.3) is 0 Å². The van der Waals surface area contributed by atoms with Crippen molar-refractivity contribution in [1.29, 1.82) is 0 Å². The summed E-state index contributed by atoms with van der Waals surface area (Å²) in [4.78, 5) is 19.5. The lowest BCUT2D eigenvalue weighted by Gasteiger charge is -2.30. The summed E-state index contributed by atoms with van der Waals surface area (Å²) in [6, 6.07) is 0. The van der Waals surface area contributed by atoms with Crippen LogP contribution in [0.1, 0.15) is 69.4 Å². The third-order valence-electron chi connectivity index (χ3n) is 6.21. The van der Waals surface area contributed by atoms with E-state index < -0.39 is 0 Å². The number of nitrogens with zero attached hydrogens (tertiary/aromatic N) is 3. The summed E-state index contributed by atoms with van der Waals surface area (Å²) in [6.07, 6.45) is 9.31. The SMILES string of the molecule is CCc1nc(C2CN(C(=O)C3CCC3)CC23CCCC3)n[nH]1. The minimum Gasteiger partial charge on any atom is -0.341 e. The van der Waals surface area contributed by atoms with Crippen LogP contribution in [0.25, 0.3) is 0 Å². The fourth-order valence-corrected chi connectivity index (χ4v) is 4.62. The van der Waals surface area contributed by atoms with Crippen LogP contribution in [-0.4, -0.2) is 39.1 Å². The Hall–Kier alpha value is -1.39. The van der Waals surface area contributed by atoms with Crippen molar-refractivity contribution >= 4 is 5.91 Å². The standard InChI is InChI=1S/C17H26N4O/c1-2-14-18-15(20-19-14)13-10-21(16(22)12-6-5-7-12)11-17(13)8-3-4-9-17/h12-13H,2-11H2,1H3,(H,18,19,20). The van der Waals surface area contributed by atoms with Gasteiger partial charge in [0.2, 0.25) is 5.91 Å². The van der Waals surface area contributed by atoms with E-state index in [-0.39, 0.29) is 5.41 Å². The molecule has 1 saturated heterocycles. The van der Waals surface area contributed by atoms with E-state index in [0.29, 0.717) is 17.7 Å². The molecule has 1 aromatic rings. The molecule has 1 N–H and O–H groups in total. The fourth-order valence-electron chi connectivity index (χ4n) is 4.62. The van der Waals surface area contributed by atoms with Gasteiger partial charge in [0.15, 0.2) is 5.82 Å². The normalized spacial score (nSPS) is 27.5. The summed E-state index contributed by atoms with van der Waals surface area (Å²) >= 11 is 0. The lowest BCUT2D eigenvalue weighted by atomic mass is 9.76. The zero-order valence-corrected chi connectivity index (χ0v) is 13.5. The van der Waals surface area contributed by atoms with Crippen molar-refractivity contribution < 1.29 is 4.79 Å². The van der Waals surface area contributed by atoms with Crippen molar-refractivity contribution in [2.24, 2.45) is 11.3 Å². The van der Waals surface area contributed by atoms with Gasteiger partial charge < -0.3 is 4.90 Å². The number of carbonyl (C=O) groups is 1. The Morgan fingerprint density at radius 2 is 2.09 bits per heavy atom. The molecular weight excluding hydrogens is 276 g/mol. The van der Waals surface area contributed by atoms with Crippen molar-refractivity contribution in [3.8, 4) is 0 Å². The number of amides is 1. The lowest BCUT2D eigenvalue weighted by Crippen LogP contribution is -2.38. The van der Waals surface area contributed by atoms with Crippen LogP contribution in [0.4, 0.5) is 0 Å². The van der Waals surface area contributed by atoms with Crippen molar-refractivity contribution in [1.82, 2.24) is 20.1 Å². The first-order valence-electron chi connectivity index (χ1n) is 8.92. The van der Waals surface area contributed by atoms with Crippen LogP contribution in [0.3, 0.4) is 0 Å². The number of likely N-dealkylation sites (tertiary alicyclic amines) is 1. The molecule has 0 radical (unpaired) electrons. The highest BCUT2D eigenvalue weighted by Crippen LogP contribution is 2.53. The molecule has 2 saturated carbocycles. The molecule has 5 nitrogen and oxygen atoms in total. The predicted octanol–water partition coefficient (Wildman–Crippen LogP) is 2.65. The number of aromatic nitrogens is 3. The summed E-state index contributed by atoms with van der Waals surface area (Å²) in [5.74, 6) is 2.94. The van der Waals surface area contributed by atoms with E-state index in [9.17, 15) is 4.79 Å². The molecule has 120 valence electrons. The van der Waals surface area contributed by atoms with Gasteiger partial charge >= 0.3 is 0 Å². The Bertz CT molecular complexity index is 557. The van der Waals surface area contributed by atoms with Gasteiger partial charge in [-0.15, -0.1) is 0 Å². The van der Waals surface area contributed by atoms with Crippen molar-refractivity contribution in [2.45, 2.75) is 64.2 Å². The molecule has 0 aromatic carbocycles. The Labute approximate surface area is 131 Å². The number of aryl methyl sites for hydroxylation is 1. The van der Waals surface area contributed by atoms with Crippen LogP contribution in [0.5, 0.6) is 0 Å². The third kappa shape index (κ3) is 2.17. The zero-order chi connectivity index (χ0) is 15.2. The minimum absolute atomic E-state index is 0.243. The van der Waals surface area contributed by atoms with E-state index in [1.54, 1.807) is 0 Å². The van der Waals surface area contributed by atoms with Crippen LogP contribution < -0.4 is 0 Å². The second-order valence-corrected chi connectivity index (χ2v) is 7.46. The monoisotopic (exact) mass is 302 g/mol. The molecule has 2 heterocycles. The number of H-pyrrole nitrogens is 1. The van der Waals surface area contributed by atoms with Crippen LogP contribution in [0.2, 0.25) is 0 Å². The number of aromatic amines is 1. The Kier molecular flexibility index (Phi) is 3.46. The zero-order valence-electron chi connectivity index (χ0n) is 13.5. The Morgan fingerprint density at radius 3 is 2.68 bits per heavy atom. The first kappa shape index (κ1) is 14.2. The van der Waals surface area contributed by atoms with Gasteiger partial charge in [0.1, 0.15) is 5.82 Å². The van der Waals surface area contributed by atoms with Gasteiger partial charge in [0.05, 0.1) is 0 Å². The second kappa shape index (κ2) is 5.36. The average Bonchev–Trinajstić information content (AvgIpc) is 3.18. The van der Waals surface area contributed by atoms with E-state index in [0.717, 1.165) is 44.0 Å². The molecule has 3 aliphatic rings. The molecule has 1 aliphatic heterocycles. The quantitative estimate of drug-likeness (QED) is 0.933. The number of hydrogen-bond donors (Lipinski definition) is 1. The predicted molar refractivity (Wildman–Crippen MR) is 83.3 cm³/mol. The first-order valence-corrected chi connectivity index (χ1v) is 8.92. The summed E-state index contributed by atoms with van der Waals surface area (Å²) in [7, 11) is 0. The molecule has 3 fully saturated rings. The third-order valence-corrected chi connectivity index (χ3v) is 6.21. The molecule has 1 aromatic heterocycles. The smallest absolute Gasteiger partial charge is 0.225 e. The lowest BCUT2D eigenvalue weighted by molar-refractivity contribution is -0.137. The molecule has 5 heteroatoms. The van der Waals surface area contributed by atoms with Crippen molar-refractivity contribution in [3.63, 3.8) is 0 Å². The van der Waals surface area contributed by atoms with Crippen molar-refractivity contribution in [2.75, 3.05) is 13.1 Å². The molecule has 4 rings (SSSR count). The summed E-state index contributed by atoms with van der Waals surface area (Å²) in [6.45, 7) is 3.86. The van der Waals surface area contributed by atoms with E-state index in [1.807, 2.05) is 0 Å². The van der Waals surface area contributed by atoms with E-state index >= 15 is 0 Å². The largest absolute Gasteiger partial charge is 0.341 e. The molecule has 1 spiro atoms. The van der Waals surface area contributed by atoms with Gasteiger partial charge in [-0.2, -0.15) is 5.10 Å². The van der Waals surface area contributed by atoms with E-state index in [4.69, 9.17) is 4.98 Å². The average molecular weight is 302 g/mol. The highest BCUT2D eigenvalue weighted by molar-refractivity contribution is 5.80. The highest BCUT2D eigenvalue weighted by atomic mass is 16.2. The number of rotatable bonds is 3. The highest BCUT2D eigenvalue weighted by Gasteiger charge is 2.52. The Balaban J connectivity index is 1.59. The molecular formula is C17H26N4O. The first-order chi connectivity index (χ1) is 10.7. The van der Waals surface area contributed by atoms with Crippen LogP contribution >= 0.6 is 0 Å². The molecule has 2 aliphatic carbocycles. The van der Waals surface area contributed by atoms with Crippen LogP contribution in [0.15, 0.2) is 0 Å². The molecule has 22 heavy (non-hydrogen) atoms. The minimum atomic E-state index is 0.243. The van der Waals surface area contributed by atoms with Gasteiger partial charge in [-0.25, -0.2) is 4.98 Å². The maximum atomic E-state index is 12.7. The maximum Gasteiger partial charge on any atom is 0.225 e. The van der Waals surface area contributed by atoms with Gasteiger partial charge in [0, 0.05) is 31.3 Å². The van der Waals surface area contributed by atoms with Crippen LogP contribution in [0, 0.1) is 11.3 Å². The molecule has 1 unspecified atom stereocenters. The number of nitrogens with one attached hydrogen (secondary N) is 1. The molecule has 1 amide bonds. The number of carbonyl (C=O) groups excluding carboxylic acids is 1. The summed E-state index contributed by atoms with van der Waals surface area (Å²) in [5, 5.41) is 7.55. The van der Waals surface area contributed by atoms with E-state index in [2.05, 4.69) is 22.0 Å². The summed E-state index contributed by atoms with van der Waals surface area (Å²) in [5.41, 5.74) is 0.243. The fraction of sp³-hybridized carbons (Fsp3) is 0.824. The Morgan fingerprint density at radius 1 is 1.32 bits per heavy atom. The van der Waals surface area contributed by atoms with Crippen molar-refractivity contribution in [3.05, 3.63) is 11.6 Å².